The molecular formula is C17H25N5O. The van der Waals surface area contributed by atoms with Crippen molar-refractivity contribution < 1.29 is 4.79 Å². The van der Waals surface area contributed by atoms with E-state index in [4.69, 9.17) is 5.73 Å². The van der Waals surface area contributed by atoms with Crippen LogP contribution in [0.3, 0.4) is 0 Å². The number of pyridine rings is 1. The largest absolute Gasteiger partial charge is 0.355 e. The van der Waals surface area contributed by atoms with Crippen LogP contribution in [0.25, 0.3) is 5.65 Å². The van der Waals surface area contributed by atoms with Crippen LogP contribution in [0.2, 0.25) is 0 Å². The number of rotatable bonds is 5. The molecule has 1 unspecified atom stereocenters. The van der Waals surface area contributed by atoms with Gasteiger partial charge in [0.05, 0.1) is 11.6 Å². The van der Waals surface area contributed by atoms with E-state index in [1.165, 1.54) is 5.56 Å². The SMILES string of the molecule is Cc1ccc2nc(CN3CCCC(C(=O)NCCN)C3)cn2c1. The third kappa shape index (κ3) is 3.89. The number of fused-ring (bicyclic) bond motifs is 1. The summed E-state index contributed by atoms with van der Waals surface area (Å²) in [5.41, 5.74) is 8.69. The average Bonchev–Trinajstić information content (AvgIpc) is 2.94. The first-order valence-corrected chi connectivity index (χ1v) is 8.30. The number of hydrogen-bond acceptors (Lipinski definition) is 4. The third-order valence-corrected chi connectivity index (χ3v) is 4.35. The lowest BCUT2D eigenvalue weighted by Crippen LogP contribution is -2.43. The number of likely N-dealkylation sites (tertiary alicyclic amines) is 1. The van der Waals surface area contributed by atoms with Gasteiger partial charge in [0.25, 0.3) is 0 Å². The normalized spacial score (nSPS) is 19.1. The molecule has 23 heavy (non-hydrogen) atoms. The van der Waals surface area contributed by atoms with Gasteiger partial charge in [-0.05, 0) is 37.9 Å². The number of imidazole rings is 1. The Hall–Kier alpha value is -1.92. The molecular weight excluding hydrogens is 290 g/mol. The first-order chi connectivity index (χ1) is 11.2. The lowest BCUT2D eigenvalue weighted by atomic mass is 9.97. The fourth-order valence-corrected chi connectivity index (χ4v) is 3.21. The van der Waals surface area contributed by atoms with Crippen LogP contribution in [0, 0.1) is 12.8 Å². The highest BCUT2D eigenvalue weighted by atomic mass is 16.1. The molecule has 3 heterocycles. The maximum Gasteiger partial charge on any atom is 0.224 e. The number of carbonyl (C=O) groups is 1. The monoisotopic (exact) mass is 315 g/mol. The fourth-order valence-electron chi connectivity index (χ4n) is 3.21. The summed E-state index contributed by atoms with van der Waals surface area (Å²) in [6.45, 7) is 5.73. The predicted molar refractivity (Wildman–Crippen MR) is 90.0 cm³/mol. The first-order valence-electron chi connectivity index (χ1n) is 8.30. The van der Waals surface area contributed by atoms with Crippen LogP contribution < -0.4 is 11.1 Å². The second-order valence-corrected chi connectivity index (χ2v) is 6.36. The minimum atomic E-state index is 0.0644. The van der Waals surface area contributed by atoms with Gasteiger partial charge >= 0.3 is 0 Å². The highest BCUT2D eigenvalue weighted by molar-refractivity contribution is 5.78. The van der Waals surface area contributed by atoms with Crippen LogP contribution in [0.1, 0.15) is 24.1 Å². The summed E-state index contributed by atoms with van der Waals surface area (Å²) in [4.78, 5) is 19.1. The lowest BCUT2D eigenvalue weighted by Gasteiger charge is -2.31. The van der Waals surface area contributed by atoms with Crippen molar-refractivity contribution >= 4 is 11.6 Å². The Kier molecular flexibility index (Phi) is 4.93. The zero-order valence-corrected chi connectivity index (χ0v) is 13.7. The van der Waals surface area contributed by atoms with Gasteiger partial charge in [-0.25, -0.2) is 4.98 Å². The van der Waals surface area contributed by atoms with Crippen LogP contribution in [-0.4, -0.2) is 46.4 Å². The number of amides is 1. The van der Waals surface area contributed by atoms with Crippen molar-refractivity contribution in [3.8, 4) is 0 Å². The van der Waals surface area contributed by atoms with Crippen LogP contribution >= 0.6 is 0 Å². The average molecular weight is 315 g/mol. The van der Waals surface area contributed by atoms with E-state index in [1.807, 2.05) is 6.07 Å². The molecule has 2 aromatic rings. The topological polar surface area (TPSA) is 75.7 Å². The van der Waals surface area contributed by atoms with Crippen molar-refractivity contribution in [2.45, 2.75) is 26.3 Å². The molecule has 2 aromatic heterocycles. The Bertz CT molecular complexity index is 681. The van der Waals surface area contributed by atoms with Gasteiger partial charge in [0.1, 0.15) is 5.65 Å². The number of nitrogens with one attached hydrogen (secondary N) is 1. The van der Waals surface area contributed by atoms with E-state index in [9.17, 15) is 4.79 Å². The van der Waals surface area contributed by atoms with E-state index in [2.05, 4.69) is 45.0 Å². The number of nitrogens with two attached hydrogens (primary N) is 1. The van der Waals surface area contributed by atoms with E-state index >= 15 is 0 Å². The van der Waals surface area contributed by atoms with Gasteiger partial charge in [0.2, 0.25) is 5.91 Å². The highest BCUT2D eigenvalue weighted by Crippen LogP contribution is 2.19. The van der Waals surface area contributed by atoms with Crippen molar-refractivity contribution in [1.82, 2.24) is 19.6 Å². The van der Waals surface area contributed by atoms with Crippen LogP contribution in [0.5, 0.6) is 0 Å². The molecule has 0 radical (unpaired) electrons. The number of nitrogens with zero attached hydrogens (tertiary/aromatic N) is 3. The molecule has 0 saturated carbocycles. The summed E-state index contributed by atoms with van der Waals surface area (Å²) in [5, 5.41) is 2.90. The summed E-state index contributed by atoms with van der Waals surface area (Å²) < 4.78 is 2.07. The molecule has 1 fully saturated rings. The molecule has 1 saturated heterocycles. The zero-order chi connectivity index (χ0) is 16.2. The number of hydrogen-bond donors (Lipinski definition) is 2. The molecule has 0 aromatic carbocycles. The number of piperidine rings is 1. The third-order valence-electron chi connectivity index (χ3n) is 4.35. The van der Waals surface area contributed by atoms with Gasteiger partial charge < -0.3 is 15.5 Å². The van der Waals surface area contributed by atoms with Crippen molar-refractivity contribution in [3.05, 3.63) is 35.8 Å². The molecule has 6 nitrogen and oxygen atoms in total. The standard InChI is InChI=1S/C17H25N5O/c1-13-4-5-16-20-15(12-22(16)9-13)11-21-8-2-3-14(10-21)17(23)19-7-6-18/h4-5,9,12,14H,2-3,6-8,10-11,18H2,1H3,(H,19,23). The van der Waals surface area contributed by atoms with Gasteiger partial charge in [0, 0.05) is 38.6 Å². The second kappa shape index (κ2) is 7.10. The Balaban J connectivity index is 1.63. The Morgan fingerprint density at radius 1 is 1.43 bits per heavy atom. The Morgan fingerprint density at radius 3 is 3.13 bits per heavy atom. The maximum atomic E-state index is 12.1. The smallest absolute Gasteiger partial charge is 0.224 e. The van der Waals surface area contributed by atoms with Crippen molar-refractivity contribution in [2.75, 3.05) is 26.2 Å². The molecule has 0 spiro atoms. The van der Waals surface area contributed by atoms with Crippen LogP contribution in [0.15, 0.2) is 24.5 Å². The Morgan fingerprint density at radius 2 is 2.30 bits per heavy atom. The van der Waals surface area contributed by atoms with Crippen molar-refractivity contribution in [2.24, 2.45) is 11.7 Å². The summed E-state index contributed by atoms with van der Waals surface area (Å²) in [7, 11) is 0. The minimum absolute atomic E-state index is 0.0644. The fraction of sp³-hybridized carbons (Fsp3) is 0.529. The van der Waals surface area contributed by atoms with Crippen molar-refractivity contribution in [1.29, 1.82) is 0 Å². The van der Waals surface area contributed by atoms with Crippen molar-refractivity contribution in [3.63, 3.8) is 0 Å². The molecule has 124 valence electrons. The van der Waals surface area contributed by atoms with Gasteiger partial charge in [-0.2, -0.15) is 0 Å². The van der Waals surface area contributed by atoms with Crippen LogP contribution in [0.4, 0.5) is 0 Å². The highest BCUT2D eigenvalue weighted by Gasteiger charge is 2.25. The predicted octanol–water partition coefficient (Wildman–Crippen LogP) is 0.930. The zero-order valence-electron chi connectivity index (χ0n) is 13.7. The van der Waals surface area contributed by atoms with E-state index in [0.717, 1.165) is 43.8 Å². The first kappa shape index (κ1) is 16.0. The lowest BCUT2D eigenvalue weighted by molar-refractivity contribution is -0.126. The maximum absolute atomic E-state index is 12.1. The molecule has 3 N–H and O–H groups in total. The number of carbonyl (C=O) groups excluding carboxylic acids is 1. The van der Waals surface area contributed by atoms with E-state index in [1.54, 1.807) is 0 Å². The summed E-state index contributed by atoms with van der Waals surface area (Å²) in [5.74, 6) is 0.195. The van der Waals surface area contributed by atoms with Gasteiger partial charge in [0.15, 0.2) is 0 Å². The number of aryl methyl sites for hydroxylation is 1. The number of aromatic nitrogens is 2. The molecule has 0 bridgehead atoms. The molecule has 0 aliphatic carbocycles. The summed E-state index contributed by atoms with van der Waals surface area (Å²) >= 11 is 0. The van der Waals surface area contributed by atoms with E-state index in [0.29, 0.717) is 13.1 Å². The minimum Gasteiger partial charge on any atom is -0.355 e. The molecule has 3 rings (SSSR count). The van der Waals surface area contributed by atoms with Gasteiger partial charge in [-0.3, -0.25) is 9.69 Å². The second-order valence-electron chi connectivity index (χ2n) is 6.36. The Labute approximate surface area is 136 Å². The molecule has 1 atom stereocenters. The van der Waals surface area contributed by atoms with Crippen LogP contribution in [-0.2, 0) is 11.3 Å². The summed E-state index contributed by atoms with van der Waals surface area (Å²) in [6.07, 6.45) is 6.18. The van der Waals surface area contributed by atoms with Gasteiger partial charge in [-0.15, -0.1) is 0 Å². The molecule has 1 aliphatic rings. The molecule has 1 aliphatic heterocycles. The molecule has 1 amide bonds. The van der Waals surface area contributed by atoms with Gasteiger partial charge in [-0.1, -0.05) is 6.07 Å². The van der Waals surface area contributed by atoms with E-state index < -0.39 is 0 Å². The quantitative estimate of drug-likeness (QED) is 0.861. The molecule has 6 heteroatoms. The van der Waals surface area contributed by atoms with E-state index in [-0.39, 0.29) is 11.8 Å². The summed E-state index contributed by atoms with van der Waals surface area (Å²) in [6, 6.07) is 4.11.